The number of sulfonamides is 1. The molecule has 1 aromatic heterocycles. The molecular formula is C16H23N3O3S. The smallest absolute Gasteiger partial charge is 0.241 e. The summed E-state index contributed by atoms with van der Waals surface area (Å²) in [6.07, 6.45) is 0. The normalized spacial score (nSPS) is 11.9. The maximum Gasteiger partial charge on any atom is 0.241 e. The van der Waals surface area contributed by atoms with Crippen molar-refractivity contribution in [1.82, 2.24) is 9.88 Å². The second-order valence-corrected chi connectivity index (χ2v) is 7.81. The van der Waals surface area contributed by atoms with Crippen LogP contribution in [0.4, 0.5) is 5.69 Å². The summed E-state index contributed by atoms with van der Waals surface area (Å²) in [7, 11) is 0.159. The molecule has 0 amide bonds. The SMILES string of the molecule is Cc1ccc(S(=O)(=O)NCc2cc(C(C)C)no2)cc1N(C)C. The van der Waals surface area contributed by atoms with E-state index in [1.165, 1.54) is 0 Å². The quantitative estimate of drug-likeness (QED) is 0.877. The number of rotatable bonds is 6. The Morgan fingerprint density at radius 1 is 1.26 bits per heavy atom. The second kappa shape index (κ2) is 6.72. The predicted molar refractivity (Wildman–Crippen MR) is 90.1 cm³/mol. The maximum atomic E-state index is 12.4. The van der Waals surface area contributed by atoms with Gasteiger partial charge < -0.3 is 9.42 Å². The standard InChI is InChI=1S/C16H23N3O3S/c1-11(2)15-8-13(22-18-15)10-17-23(20,21)14-7-6-12(3)16(9-14)19(4)5/h6-9,11,17H,10H2,1-5H3. The first-order valence-electron chi connectivity index (χ1n) is 7.44. The van der Waals surface area contributed by atoms with E-state index in [9.17, 15) is 8.42 Å². The first-order chi connectivity index (χ1) is 10.7. The summed E-state index contributed by atoms with van der Waals surface area (Å²) < 4.78 is 32.6. The van der Waals surface area contributed by atoms with Crippen LogP contribution in [-0.4, -0.2) is 27.7 Å². The molecule has 0 aliphatic rings. The van der Waals surface area contributed by atoms with Crippen LogP contribution in [-0.2, 0) is 16.6 Å². The average Bonchev–Trinajstić information content (AvgIpc) is 2.94. The number of benzene rings is 1. The van der Waals surface area contributed by atoms with Crippen LogP contribution < -0.4 is 9.62 Å². The highest BCUT2D eigenvalue weighted by molar-refractivity contribution is 7.89. The highest BCUT2D eigenvalue weighted by Crippen LogP contribution is 2.22. The van der Waals surface area contributed by atoms with Crippen molar-refractivity contribution < 1.29 is 12.9 Å². The minimum Gasteiger partial charge on any atom is -0.377 e. The minimum atomic E-state index is -3.61. The van der Waals surface area contributed by atoms with Gasteiger partial charge in [0.25, 0.3) is 0 Å². The molecule has 0 fully saturated rings. The van der Waals surface area contributed by atoms with Gasteiger partial charge in [0.05, 0.1) is 17.1 Å². The predicted octanol–water partition coefficient (Wildman–Crippen LogP) is 2.65. The Kier molecular flexibility index (Phi) is 5.11. The van der Waals surface area contributed by atoms with Gasteiger partial charge in [0, 0.05) is 25.8 Å². The lowest BCUT2D eigenvalue weighted by Crippen LogP contribution is -2.23. The van der Waals surface area contributed by atoms with E-state index < -0.39 is 10.0 Å². The molecule has 7 heteroatoms. The van der Waals surface area contributed by atoms with Gasteiger partial charge in [-0.25, -0.2) is 13.1 Å². The Balaban J connectivity index is 2.16. The summed E-state index contributed by atoms with van der Waals surface area (Å²) in [6, 6.07) is 6.84. The highest BCUT2D eigenvalue weighted by Gasteiger charge is 2.17. The lowest BCUT2D eigenvalue weighted by molar-refractivity contribution is 0.372. The fourth-order valence-corrected chi connectivity index (χ4v) is 3.18. The Labute approximate surface area is 137 Å². The Bertz CT molecular complexity index is 780. The maximum absolute atomic E-state index is 12.4. The van der Waals surface area contributed by atoms with Crippen molar-refractivity contribution >= 4 is 15.7 Å². The molecule has 23 heavy (non-hydrogen) atoms. The van der Waals surface area contributed by atoms with Crippen molar-refractivity contribution in [2.45, 2.75) is 38.1 Å². The molecular weight excluding hydrogens is 314 g/mol. The molecule has 0 atom stereocenters. The zero-order valence-electron chi connectivity index (χ0n) is 14.1. The second-order valence-electron chi connectivity index (χ2n) is 6.04. The molecule has 0 unspecified atom stereocenters. The van der Waals surface area contributed by atoms with Crippen LogP contribution in [0.5, 0.6) is 0 Å². The molecule has 2 rings (SSSR count). The van der Waals surface area contributed by atoms with Gasteiger partial charge in [0.1, 0.15) is 0 Å². The van der Waals surface area contributed by atoms with Gasteiger partial charge in [-0.1, -0.05) is 25.1 Å². The molecule has 0 aliphatic heterocycles. The third-order valence-corrected chi connectivity index (χ3v) is 4.98. The summed E-state index contributed by atoms with van der Waals surface area (Å²) in [5, 5.41) is 3.92. The van der Waals surface area contributed by atoms with Gasteiger partial charge in [-0.3, -0.25) is 0 Å². The Hall–Kier alpha value is -1.86. The third-order valence-electron chi connectivity index (χ3n) is 3.58. The van der Waals surface area contributed by atoms with Crippen LogP contribution in [0.1, 0.15) is 36.8 Å². The van der Waals surface area contributed by atoms with Crippen LogP contribution in [0.2, 0.25) is 0 Å². The first kappa shape index (κ1) is 17.5. The Morgan fingerprint density at radius 2 is 1.96 bits per heavy atom. The van der Waals surface area contributed by atoms with Crippen molar-refractivity contribution in [3.05, 3.63) is 41.3 Å². The Morgan fingerprint density at radius 3 is 2.52 bits per heavy atom. The molecule has 0 bridgehead atoms. The van der Waals surface area contributed by atoms with Crippen molar-refractivity contribution in [3.8, 4) is 0 Å². The van der Waals surface area contributed by atoms with Crippen LogP contribution in [0, 0.1) is 6.92 Å². The molecule has 2 aromatic rings. The lowest BCUT2D eigenvalue weighted by Gasteiger charge is -2.17. The molecule has 0 spiro atoms. The number of nitrogens with one attached hydrogen (secondary N) is 1. The summed E-state index contributed by atoms with van der Waals surface area (Å²) in [6.45, 7) is 6.02. The van der Waals surface area contributed by atoms with E-state index in [1.807, 2.05) is 39.8 Å². The summed E-state index contributed by atoms with van der Waals surface area (Å²) in [5.41, 5.74) is 2.70. The molecule has 1 N–H and O–H groups in total. The molecule has 0 aliphatic carbocycles. The molecule has 1 aromatic carbocycles. The van der Waals surface area contributed by atoms with Gasteiger partial charge >= 0.3 is 0 Å². The van der Waals surface area contributed by atoms with Crippen LogP contribution in [0.25, 0.3) is 0 Å². The van der Waals surface area contributed by atoms with Gasteiger partial charge in [-0.2, -0.15) is 0 Å². The van der Waals surface area contributed by atoms with Gasteiger partial charge in [-0.15, -0.1) is 0 Å². The van der Waals surface area contributed by atoms with E-state index in [4.69, 9.17) is 4.52 Å². The van der Waals surface area contributed by atoms with Crippen LogP contribution in [0.15, 0.2) is 33.7 Å². The molecule has 0 saturated carbocycles. The number of anilines is 1. The molecule has 126 valence electrons. The fourth-order valence-electron chi connectivity index (χ4n) is 2.17. The number of nitrogens with zero attached hydrogens (tertiary/aromatic N) is 2. The van der Waals surface area contributed by atoms with E-state index in [1.54, 1.807) is 24.3 Å². The average molecular weight is 337 g/mol. The van der Waals surface area contributed by atoms with E-state index in [0.717, 1.165) is 16.9 Å². The topological polar surface area (TPSA) is 75.4 Å². The minimum absolute atomic E-state index is 0.0766. The lowest BCUT2D eigenvalue weighted by atomic mass is 10.1. The first-order valence-corrected chi connectivity index (χ1v) is 8.92. The number of hydrogen-bond acceptors (Lipinski definition) is 5. The van der Waals surface area contributed by atoms with Gasteiger partial charge in [0.15, 0.2) is 5.76 Å². The summed E-state index contributed by atoms with van der Waals surface area (Å²) in [4.78, 5) is 2.12. The van der Waals surface area contributed by atoms with Gasteiger partial charge in [-0.05, 0) is 30.5 Å². The largest absolute Gasteiger partial charge is 0.377 e. The number of aromatic nitrogens is 1. The zero-order chi connectivity index (χ0) is 17.2. The van der Waals surface area contributed by atoms with Crippen LogP contribution >= 0.6 is 0 Å². The molecule has 0 radical (unpaired) electrons. The molecule has 0 saturated heterocycles. The highest BCUT2D eigenvalue weighted by atomic mass is 32.2. The van der Waals surface area contributed by atoms with E-state index >= 15 is 0 Å². The third kappa shape index (κ3) is 4.11. The van der Waals surface area contributed by atoms with E-state index in [2.05, 4.69) is 9.88 Å². The van der Waals surface area contributed by atoms with E-state index in [0.29, 0.717) is 5.76 Å². The number of aryl methyl sites for hydroxylation is 1. The van der Waals surface area contributed by atoms with Crippen molar-refractivity contribution in [2.75, 3.05) is 19.0 Å². The van der Waals surface area contributed by atoms with E-state index in [-0.39, 0.29) is 17.4 Å². The monoisotopic (exact) mass is 337 g/mol. The van der Waals surface area contributed by atoms with Crippen molar-refractivity contribution in [3.63, 3.8) is 0 Å². The molecule has 1 heterocycles. The summed E-state index contributed by atoms with van der Waals surface area (Å²) in [5.74, 6) is 0.737. The fraction of sp³-hybridized carbons (Fsp3) is 0.438. The van der Waals surface area contributed by atoms with Crippen molar-refractivity contribution in [1.29, 1.82) is 0 Å². The zero-order valence-corrected chi connectivity index (χ0v) is 14.9. The summed E-state index contributed by atoms with van der Waals surface area (Å²) >= 11 is 0. The van der Waals surface area contributed by atoms with Crippen LogP contribution in [0.3, 0.4) is 0 Å². The van der Waals surface area contributed by atoms with Gasteiger partial charge in [0.2, 0.25) is 10.0 Å². The molecule has 6 nitrogen and oxygen atoms in total. The van der Waals surface area contributed by atoms with Crippen molar-refractivity contribution in [2.24, 2.45) is 0 Å². The number of hydrogen-bond donors (Lipinski definition) is 1.